The number of carboxylic acid groups (broad SMARTS) is 2. The molecule has 0 radical (unpaired) electrons. The van der Waals surface area contributed by atoms with E-state index in [2.05, 4.69) is 0 Å². The minimum Gasteiger partial charge on any atom is -0.481 e. The molecule has 1 amide bonds. The molecule has 0 aromatic carbocycles. The van der Waals surface area contributed by atoms with Crippen LogP contribution in [0, 0.1) is 5.41 Å². The fourth-order valence-electron chi connectivity index (χ4n) is 1.68. The van der Waals surface area contributed by atoms with Crippen LogP contribution in [0.15, 0.2) is 0 Å². The molecule has 0 saturated carbocycles. The lowest BCUT2D eigenvalue weighted by molar-refractivity contribution is -0.148. The van der Waals surface area contributed by atoms with E-state index >= 15 is 0 Å². The summed E-state index contributed by atoms with van der Waals surface area (Å²) in [7, 11) is 0. The first-order valence-corrected chi connectivity index (χ1v) is 4.67. The first-order valence-electron chi connectivity index (χ1n) is 4.67. The number of hydrogen-bond acceptors (Lipinski definition) is 2. The lowest BCUT2D eigenvalue weighted by Crippen LogP contribution is -2.32. The average Bonchev–Trinajstić information content (AvgIpc) is 2.28. The fourth-order valence-corrected chi connectivity index (χ4v) is 1.68. The van der Waals surface area contributed by atoms with E-state index in [1.807, 2.05) is 0 Å². The quantitative estimate of drug-likeness (QED) is 0.669. The molecule has 2 N–H and O–H groups in total. The average molecular weight is 201 g/mol. The third kappa shape index (κ3) is 2.16. The van der Waals surface area contributed by atoms with Crippen molar-refractivity contribution in [3.63, 3.8) is 0 Å². The molecule has 1 aliphatic rings. The topological polar surface area (TPSA) is 77.8 Å². The Morgan fingerprint density at radius 1 is 1.21 bits per heavy atom. The molecule has 5 nitrogen and oxygen atoms in total. The highest BCUT2D eigenvalue weighted by atomic mass is 16.4. The molecule has 0 aliphatic carbocycles. The number of likely N-dealkylation sites (tertiary alicyclic amines) is 1. The van der Waals surface area contributed by atoms with Gasteiger partial charge in [-0.15, -0.1) is 0 Å². The molecule has 0 spiro atoms. The van der Waals surface area contributed by atoms with Crippen LogP contribution in [-0.4, -0.2) is 40.3 Å². The predicted octanol–water partition coefficient (Wildman–Crippen LogP) is 1.24. The smallest absolute Gasteiger partial charge is 0.407 e. The van der Waals surface area contributed by atoms with Gasteiger partial charge in [-0.1, -0.05) is 0 Å². The maximum Gasteiger partial charge on any atom is 0.407 e. The van der Waals surface area contributed by atoms with Crippen molar-refractivity contribution in [1.82, 2.24) is 4.90 Å². The van der Waals surface area contributed by atoms with E-state index in [1.165, 1.54) is 4.90 Å². The molecule has 1 heterocycles. The number of rotatable bonds is 1. The molecule has 1 saturated heterocycles. The summed E-state index contributed by atoms with van der Waals surface area (Å²) < 4.78 is 0. The Hall–Kier alpha value is -1.26. The number of nitrogens with zero attached hydrogens (tertiary/aromatic N) is 1. The summed E-state index contributed by atoms with van der Waals surface area (Å²) in [6.45, 7) is 2.44. The van der Waals surface area contributed by atoms with Crippen molar-refractivity contribution in [3.8, 4) is 0 Å². The Balaban J connectivity index is 2.65. The highest BCUT2D eigenvalue weighted by Crippen LogP contribution is 2.30. The van der Waals surface area contributed by atoms with Crippen LogP contribution < -0.4 is 0 Å². The van der Waals surface area contributed by atoms with E-state index in [1.54, 1.807) is 6.92 Å². The standard InChI is InChI=1S/C9H15NO4/c1-9(7(11)12)3-2-5-10(6-4-9)8(13)14/h2-6H2,1H3,(H,11,12)(H,13,14). The van der Waals surface area contributed by atoms with E-state index in [4.69, 9.17) is 10.2 Å². The van der Waals surface area contributed by atoms with Crippen molar-refractivity contribution in [1.29, 1.82) is 0 Å². The molecule has 1 atom stereocenters. The molecule has 1 fully saturated rings. The third-order valence-electron chi connectivity index (χ3n) is 2.88. The minimum atomic E-state index is -0.959. The van der Waals surface area contributed by atoms with Crippen molar-refractivity contribution in [3.05, 3.63) is 0 Å². The van der Waals surface area contributed by atoms with Gasteiger partial charge in [0, 0.05) is 13.1 Å². The van der Waals surface area contributed by atoms with Gasteiger partial charge in [-0.3, -0.25) is 4.79 Å². The maximum absolute atomic E-state index is 10.9. The first-order chi connectivity index (χ1) is 6.46. The molecule has 1 aliphatic heterocycles. The Kier molecular flexibility index (Phi) is 2.98. The number of carbonyl (C=O) groups is 2. The largest absolute Gasteiger partial charge is 0.481 e. The summed E-state index contributed by atoms with van der Waals surface area (Å²) >= 11 is 0. The Labute approximate surface area is 82.3 Å². The second-order valence-corrected chi connectivity index (χ2v) is 3.99. The minimum absolute atomic E-state index is 0.318. The van der Waals surface area contributed by atoms with Gasteiger partial charge in [0.15, 0.2) is 0 Å². The first kappa shape index (κ1) is 10.8. The van der Waals surface area contributed by atoms with Crippen LogP contribution in [-0.2, 0) is 4.79 Å². The number of hydrogen-bond donors (Lipinski definition) is 2. The molecule has 80 valence electrons. The van der Waals surface area contributed by atoms with E-state index in [0.717, 1.165) is 0 Å². The van der Waals surface area contributed by atoms with Gasteiger partial charge < -0.3 is 15.1 Å². The van der Waals surface area contributed by atoms with Gasteiger partial charge >= 0.3 is 12.1 Å². The molecule has 0 aromatic heterocycles. The van der Waals surface area contributed by atoms with Crippen LogP contribution >= 0.6 is 0 Å². The highest BCUT2D eigenvalue weighted by molar-refractivity contribution is 5.74. The third-order valence-corrected chi connectivity index (χ3v) is 2.88. The summed E-state index contributed by atoms with van der Waals surface area (Å²) in [5.41, 5.74) is -0.760. The van der Waals surface area contributed by atoms with Gasteiger partial charge in [0.2, 0.25) is 0 Å². The molecule has 14 heavy (non-hydrogen) atoms. The lowest BCUT2D eigenvalue weighted by Gasteiger charge is -2.22. The SMILES string of the molecule is CC1(C(=O)O)CCCN(C(=O)O)CC1. The molecular formula is C9H15NO4. The summed E-state index contributed by atoms with van der Waals surface area (Å²) in [5, 5.41) is 17.7. The molecule has 0 bridgehead atoms. The molecular weight excluding hydrogens is 186 g/mol. The number of aliphatic carboxylic acids is 1. The Morgan fingerprint density at radius 2 is 1.86 bits per heavy atom. The summed E-state index contributed by atoms with van der Waals surface area (Å²) in [6, 6.07) is 0. The molecule has 5 heteroatoms. The van der Waals surface area contributed by atoms with Crippen LogP contribution in [0.4, 0.5) is 4.79 Å². The summed E-state index contributed by atoms with van der Waals surface area (Å²) in [5.74, 6) is -0.829. The maximum atomic E-state index is 10.9. The van der Waals surface area contributed by atoms with Crippen molar-refractivity contribution in [2.24, 2.45) is 5.41 Å². The van der Waals surface area contributed by atoms with E-state index < -0.39 is 17.5 Å². The van der Waals surface area contributed by atoms with Crippen molar-refractivity contribution in [2.45, 2.75) is 26.2 Å². The van der Waals surface area contributed by atoms with Gasteiger partial charge in [-0.25, -0.2) is 4.79 Å². The normalized spacial score (nSPS) is 28.2. The number of amides is 1. The summed E-state index contributed by atoms with van der Waals surface area (Å²) in [4.78, 5) is 22.9. The Morgan fingerprint density at radius 3 is 2.36 bits per heavy atom. The van der Waals surface area contributed by atoms with Crippen LogP contribution in [0.1, 0.15) is 26.2 Å². The second kappa shape index (κ2) is 3.86. The zero-order valence-corrected chi connectivity index (χ0v) is 8.19. The predicted molar refractivity (Wildman–Crippen MR) is 49.2 cm³/mol. The zero-order valence-electron chi connectivity index (χ0n) is 8.19. The van der Waals surface area contributed by atoms with Gasteiger partial charge in [-0.05, 0) is 26.2 Å². The van der Waals surface area contributed by atoms with Crippen LogP contribution in [0.25, 0.3) is 0 Å². The monoisotopic (exact) mass is 201 g/mol. The highest BCUT2D eigenvalue weighted by Gasteiger charge is 2.35. The molecule has 1 unspecified atom stereocenters. The second-order valence-electron chi connectivity index (χ2n) is 3.99. The Bertz CT molecular complexity index is 253. The van der Waals surface area contributed by atoms with Crippen molar-refractivity contribution >= 4 is 12.1 Å². The summed E-state index contributed by atoms with van der Waals surface area (Å²) in [6.07, 6.45) is 0.607. The van der Waals surface area contributed by atoms with Gasteiger partial charge in [0.05, 0.1) is 5.41 Å². The van der Waals surface area contributed by atoms with E-state index in [-0.39, 0.29) is 0 Å². The van der Waals surface area contributed by atoms with Crippen molar-refractivity contribution in [2.75, 3.05) is 13.1 Å². The van der Waals surface area contributed by atoms with E-state index in [0.29, 0.717) is 32.4 Å². The van der Waals surface area contributed by atoms with Crippen LogP contribution in [0.2, 0.25) is 0 Å². The fraction of sp³-hybridized carbons (Fsp3) is 0.778. The lowest BCUT2D eigenvalue weighted by atomic mass is 9.83. The van der Waals surface area contributed by atoms with Gasteiger partial charge in [0.25, 0.3) is 0 Å². The number of carboxylic acids is 1. The molecule has 1 rings (SSSR count). The van der Waals surface area contributed by atoms with Crippen molar-refractivity contribution < 1.29 is 19.8 Å². The zero-order chi connectivity index (χ0) is 10.8. The van der Waals surface area contributed by atoms with Crippen LogP contribution in [0.3, 0.4) is 0 Å². The molecule has 0 aromatic rings. The van der Waals surface area contributed by atoms with E-state index in [9.17, 15) is 9.59 Å². The van der Waals surface area contributed by atoms with Gasteiger partial charge in [-0.2, -0.15) is 0 Å². The van der Waals surface area contributed by atoms with Crippen LogP contribution in [0.5, 0.6) is 0 Å². The van der Waals surface area contributed by atoms with Gasteiger partial charge in [0.1, 0.15) is 0 Å².